The van der Waals surface area contributed by atoms with E-state index in [0.29, 0.717) is 38.9 Å². The molecule has 0 spiro atoms. The summed E-state index contributed by atoms with van der Waals surface area (Å²) in [5.41, 5.74) is 1.60. The maximum Gasteiger partial charge on any atom is 0.227 e. The minimum Gasteiger partial charge on any atom is -0.491 e. The summed E-state index contributed by atoms with van der Waals surface area (Å²) < 4.78 is 11.2. The number of nitrogens with zero attached hydrogens (tertiary/aromatic N) is 1. The van der Waals surface area contributed by atoms with Crippen LogP contribution in [0.4, 0.5) is 0 Å². The minimum atomic E-state index is -0.539. The first kappa shape index (κ1) is 23.8. The lowest BCUT2D eigenvalue weighted by atomic mass is 9.92. The van der Waals surface area contributed by atoms with Crippen molar-refractivity contribution in [3.8, 4) is 5.75 Å². The molecule has 0 saturated heterocycles. The SMILES string of the molecule is CCNC(=NCc1ccc(C)cc1OCCOCC)NCC(C)(C)C(=O)NC. The van der Waals surface area contributed by atoms with Gasteiger partial charge in [0.15, 0.2) is 5.96 Å². The van der Waals surface area contributed by atoms with Gasteiger partial charge in [-0.2, -0.15) is 0 Å². The second-order valence-electron chi connectivity index (χ2n) is 7.17. The Morgan fingerprint density at radius 2 is 1.93 bits per heavy atom. The monoisotopic (exact) mass is 392 g/mol. The van der Waals surface area contributed by atoms with Crippen molar-refractivity contribution < 1.29 is 14.3 Å². The average Bonchev–Trinajstić information content (AvgIpc) is 2.67. The summed E-state index contributed by atoms with van der Waals surface area (Å²) in [4.78, 5) is 16.6. The number of carbonyl (C=O) groups excluding carboxylic acids is 1. The molecule has 0 saturated carbocycles. The van der Waals surface area contributed by atoms with E-state index in [1.807, 2.05) is 46.8 Å². The third-order valence-electron chi connectivity index (χ3n) is 4.20. The summed E-state index contributed by atoms with van der Waals surface area (Å²) in [7, 11) is 1.65. The molecular weight excluding hydrogens is 356 g/mol. The van der Waals surface area contributed by atoms with Gasteiger partial charge in [-0.1, -0.05) is 12.1 Å². The van der Waals surface area contributed by atoms with E-state index >= 15 is 0 Å². The van der Waals surface area contributed by atoms with Gasteiger partial charge in [-0.15, -0.1) is 0 Å². The van der Waals surface area contributed by atoms with Gasteiger partial charge in [0.2, 0.25) is 5.91 Å². The van der Waals surface area contributed by atoms with Crippen LogP contribution in [-0.4, -0.2) is 51.8 Å². The van der Waals surface area contributed by atoms with E-state index in [9.17, 15) is 4.79 Å². The van der Waals surface area contributed by atoms with Crippen molar-refractivity contribution in [3.05, 3.63) is 29.3 Å². The Morgan fingerprint density at radius 3 is 2.57 bits per heavy atom. The lowest BCUT2D eigenvalue weighted by Gasteiger charge is -2.24. The van der Waals surface area contributed by atoms with Gasteiger partial charge in [0.25, 0.3) is 0 Å². The maximum atomic E-state index is 12.0. The molecule has 1 aromatic rings. The molecular formula is C21H36N4O3. The number of guanidine groups is 1. The Hall–Kier alpha value is -2.28. The predicted octanol–water partition coefficient (Wildman–Crippen LogP) is 2.24. The van der Waals surface area contributed by atoms with Crippen molar-refractivity contribution in [2.75, 3.05) is 40.0 Å². The Kier molecular flexibility index (Phi) is 10.4. The molecule has 1 aromatic carbocycles. The van der Waals surface area contributed by atoms with Crippen molar-refractivity contribution in [1.82, 2.24) is 16.0 Å². The number of carbonyl (C=O) groups is 1. The number of benzene rings is 1. The highest BCUT2D eigenvalue weighted by Gasteiger charge is 2.26. The van der Waals surface area contributed by atoms with Crippen molar-refractivity contribution in [1.29, 1.82) is 0 Å². The summed E-state index contributed by atoms with van der Waals surface area (Å²) in [5.74, 6) is 1.48. The quantitative estimate of drug-likeness (QED) is 0.306. The number of amides is 1. The number of hydrogen-bond donors (Lipinski definition) is 3. The molecule has 158 valence electrons. The van der Waals surface area contributed by atoms with E-state index in [2.05, 4.69) is 27.0 Å². The molecule has 0 unspecified atom stereocenters. The van der Waals surface area contributed by atoms with Crippen molar-refractivity contribution in [3.63, 3.8) is 0 Å². The number of nitrogens with one attached hydrogen (secondary N) is 3. The molecule has 1 rings (SSSR count). The van der Waals surface area contributed by atoms with Crippen LogP contribution in [0, 0.1) is 12.3 Å². The fraction of sp³-hybridized carbons (Fsp3) is 0.619. The molecule has 0 heterocycles. The first-order chi connectivity index (χ1) is 13.3. The zero-order chi connectivity index (χ0) is 21.0. The van der Waals surface area contributed by atoms with Crippen LogP contribution in [0.5, 0.6) is 5.75 Å². The Bertz CT molecular complexity index is 645. The van der Waals surface area contributed by atoms with Crippen LogP contribution in [0.25, 0.3) is 0 Å². The van der Waals surface area contributed by atoms with E-state index in [4.69, 9.17) is 9.47 Å². The van der Waals surface area contributed by atoms with E-state index in [1.54, 1.807) is 7.05 Å². The van der Waals surface area contributed by atoms with Gasteiger partial charge in [-0.05, 0) is 46.2 Å². The van der Waals surface area contributed by atoms with Gasteiger partial charge in [-0.25, -0.2) is 4.99 Å². The first-order valence-electron chi connectivity index (χ1n) is 9.88. The average molecular weight is 393 g/mol. The Morgan fingerprint density at radius 1 is 1.18 bits per heavy atom. The Labute approximate surface area is 169 Å². The molecule has 0 bridgehead atoms. The fourth-order valence-electron chi connectivity index (χ4n) is 2.51. The highest BCUT2D eigenvalue weighted by atomic mass is 16.5. The number of rotatable bonds is 11. The smallest absolute Gasteiger partial charge is 0.227 e. The lowest BCUT2D eigenvalue weighted by Crippen LogP contribution is -2.47. The summed E-state index contributed by atoms with van der Waals surface area (Å²) >= 11 is 0. The normalized spacial score (nSPS) is 11.9. The van der Waals surface area contributed by atoms with E-state index in [0.717, 1.165) is 23.4 Å². The summed E-state index contributed by atoms with van der Waals surface area (Å²) in [6.07, 6.45) is 0. The number of aryl methyl sites for hydroxylation is 1. The zero-order valence-electron chi connectivity index (χ0n) is 18.1. The third-order valence-corrected chi connectivity index (χ3v) is 4.20. The largest absolute Gasteiger partial charge is 0.491 e. The second kappa shape index (κ2) is 12.2. The molecule has 0 aliphatic rings. The van der Waals surface area contributed by atoms with Crippen LogP contribution < -0.4 is 20.7 Å². The molecule has 7 nitrogen and oxygen atoms in total. The Balaban J connectivity index is 2.81. The van der Waals surface area contributed by atoms with Gasteiger partial charge in [0.05, 0.1) is 18.6 Å². The highest BCUT2D eigenvalue weighted by molar-refractivity contribution is 5.84. The highest BCUT2D eigenvalue weighted by Crippen LogP contribution is 2.21. The molecule has 0 aromatic heterocycles. The van der Waals surface area contributed by atoms with Gasteiger partial charge >= 0.3 is 0 Å². The third kappa shape index (κ3) is 8.17. The van der Waals surface area contributed by atoms with Crippen LogP contribution in [0.1, 0.15) is 38.8 Å². The molecule has 0 fully saturated rings. The van der Waals surface area contributed by atoms with E-state index < -0.39 is 5.41 Å². The lowest BCUT2D eigenvalue weighted by molar-refractivity contribution is -0.128. The molecule has 0 atom stereocenters. The van der Waals surface area contributed by atoms with Crippen molar-refractivity contribution >= 4 is 11.9 Å². The van der Waals surface area contributed by atoms with E-state index in [1.165, 1.54) is 0 Å². The zero-order valence-corrected chi connectivity index (χ0v) is 18.1. The van der Waals surface area contributed by atoms with Crippen LogP contribution >= 0.6 is 0 Å². The molecule has 0 aliphatic heterocycles. The fourth-order valence-corrected chi connectivity index (χ4v) is 2.51. The first-order valence-corrected chi connectivity index (χ1v) is 9.88. The van der Waals surface area contributed by atoms with Crippen LogP contribution in [0.15, 0.2) is 23.2 Å². The van der Waals surface area contributed by atoms with Gasteiger partial charge < -0.3 is 25.4 Å². The van der Waals surface area contributed by atoms with Gasteiger partial charge in [0, 0.05) is 32.3 Å². The number of aliphatic imine (C=N–C) groups is 1. The van der Waals surface area contributed by atoms with Crippen LogP contribution in [0.3, 0.4) is 0 Å². The minimum absolute atomic E-state index is 0.0145. The standard InChI is InChI=1S/C21H36N4O3/c1-7-23-20(25-15-21(4,5)19(26)22-6)24-14-17-10-9-16(3)13-18(17)28-12-11-27-8-2/h9-10,13H,7-8,11-12,14-15H2,1-6H3,(H,22,26)(H2,23,24,25). The summed E-state index contributed by atoms with van der Waals surface area (Å²) in [6, 6.07) is 6.11. The molecule has 28 heavy (non-hydrogen) atoms. The molecule has 0 radical (unpaired) electrons. The van der Waals surface area contributed by atoms with Crippen LogP contribution in [-0.2, 0) is 16.1 Å². The second-order valence-corrected chi connectivity index (χ2v) is 7.17. The van der Waals surface area contributed by atoms with Gasteiger partial charge in [0.1, 0.15) is 12.4 Å². The van der Waals surface area contributed by atoms with E-state index in [-0.39, 0.29) is 5.91 Å². The van der Waals surface area contributed by atoms with Crippen molar-refractivity contribution in [2.45, 2.75) is 41.2 Å². The molecule has 7 heteroatoms. The van der Waals surface area contributed by atoms with Crippen molar-refractivity contribution in [2.24, 2.45) is 10.4 Å². The topological polar surface area (TPSA) is 84.0 Å². The molecule has 0 aliphatic carbocycles. The molecule has 1 amide bonds. The summed E-state index contributed by atoms with van der Waals surface area (Å²) in [5, 5.41) is 9.17. The molecule has 3 N–H and O–H groups in total. The maximum absolute atomic E-state index is 12.0. The number of hydrogen-bond acceptors (Lipinski definition) is 4. The predicted molar refractivity (Wildman–Crippen MR) is 114 cm³/mol. The van der Waals surface area contributed by atoms with Gasteiger partial charge in [-0.3, -0.25) is 4.79 Å². The number of ether oxygens (including phenoxy) is 2. The summed E-state index contributed by atoms with van der Waals surface area (Å²) in [6.45, 7) is 13.2. The van der Waals surface area contributed by atoms with Crippen LogP contribution in [0.2, 0.25) is 0 Å².